The molecule has 1 aromatic carbocycles. The van der Waals surface area contributed by atoms with Crippen LogP contribution in [0.25, 0.3) is 0 Å². The molecule has 4 nitrogen and oxygen atoms in total. The van der Waals surface area contributed by atoms with Crippen LogP contribution in [0.15, 0.2) is 24.3 Å². The summed E-state index contributed by atoms with van der Waals surface area (Å²) in [6, 6.07) is 6.94. The number of carbonyl (C=O) groups excluding carboxylic acids is 1. The van der Waals surface area contributed by atoms with E-state index in [0.717, 1.165) is 36.9 Å². The Labute approximate surface area is 127 Å². The second-order valence-corrected chi connectivity index (χ2v) is 5.79. The van der Waals surface area contributed by atoms with Gasteiger partial charge in [0, 0.05) is 12.2 Å². The zero-order valence-electron chi connectivity index (χ0n) is 13.4. The van der Waals surface area contributed by atoms with Crippen molar-refractivity contribution in [1.82, 2.24) is 0 Å². The summed E-state index contributed by atoms with van der Waals surface area (Å²) in [5.41, 5.74) is 6.86. The number of benzene rings is 1. The molecule has 0 amide bonds. The Balaban J connectivity index is 2.74. The predicted molar refractivity (Wildman–Crippen MR) is 87.3 cm³/mol. The molecule has 118 valence electrons. The van der Waals surface area contributed by atoms with Gasteiger partial charge in [-0.15, -0.1) is 0 Å². The van der Waals surface area contributed by atoms with Gasteiger partial charge in [-0.3, -0.25) is 4.79 Å². The minimum Gasteiger partial charge on any atom is -0.388 e. The van der Waals surface area contributed by atoms with Crippen LogP contribution >= 0.6 is 0 Å². The van der Waals surface area contributed by atoms with Gasteiger partial charge in [0.2, 0.25) is 0 Å². The average molecular weight is 292 g/mol. The summed E-state index contributed by atoms with van der Waals surface area (Å²) in [6.45, 7) is 6.15. The molecule has 21 heavy (non-hydrogen) atoms. The standard InChI is InChI=1S/C17H28N2O2/c1-4-9-17(21,10-5-2)12-19-15-8-6-7-14(11-15)16(18)13(3)20/h6-8,11,16,19,21H,4-5,9-10,12,18H2,1-3H3. The molecule has 0 fully saturated rings. The predicted octanol–water partition coefficient (Wildman–Crippen LogP) is 3.02. The fraction of sp³-hybridized carbons (Fsp3) is 0.588. The summed E-state index contributed by atoms with van der Waals surface area (Å²) in [5.74, 6) is -0.0550. The van der Waals surface area contributed by atoms with Crippen LogP contribution in [0.3, 0.4) is 0 Å². The molecule has 4 heteroatoms. The van der Waals surface area contributed by atoms with E-state index in [2.05, 4.69) is 19.2 Å². The highest BCUT2D eigenvalue weighted by atomic mass is 16.3. The zero-order valence-corrected chi connectivity index (χ0v) is 13.4. The van der Waals surface area contributed by atoms with Gasteiger partial charge in [0.05, 0.1) is 11.6 Å². The van der Waals surface area contributed by atoms with Gasteiger partial charge in [-0.05, 0) is 37.5 Å². The molecular weight excluding hydrogens is 264 g/mol. The van der Waals surface area contributed by atoms with Crippen LogP contribution in [-0.4, -0.2) is 23.0 Å². The van der Waals surface area contributed by atoms with Crippen molar-refractivity contribution in [2.75, 3.05) is 11.9 Å². The molecule has 0 aromatic heterocycles. The highest BCUT2D eigenvalue weighted by Crippen LogP contribution is 2.22. The third-order valence-electron chi connectivity index (χ3n) is 3.74. The highest BCUT2D eigenvalue weighted by Gasteiger charge is 2.24. The second kappa shape index (κ2) is 8.15. The number of hydrogen-bond donors (Lipinski definition) is 3. The normalized spacial score (nSPS) is 13.0. The lowest BCUT2D eigenvalue weighted by atomic mass is 9.92. The van der Waals surface area contributed by atoms with Crippen LogP contribution in [-0.2, 0) is 4.79 Å². The van der Waals surface area contributed by atoms with Crippen molar-refractivity contribution >= 4 is 11.5 Å². The molecule has 1 aromatic rings. The van der Waals surface area contributed by atoms with E-state index >= 15 is 0 Å². The first kappa shape index (κ1) is 17.7. The van der Waals surface area contributed by atoms with Gasteiger partial charge in [0.15, 0.2) is 5.78 Å². The van der Waals surface area contributed by atoms with E-state index in [1.807, 2.05) is 24.3 Å². The smallest absolute Gasteiger partial charge is 0.150 e. The number of hydrogen-bond acceptors (Lipinski definition) is 4. The molecule has 0 radical (unpaired) electrons. The molecule has 0 bridgehead atoms. The first-order valence-corrected chi connectivity index (χ1v) is 7.74. The van der Waals surface area contributed by atoms with Crippen LogP contribution < -0.4 is 11.1 Å². The van der Waals surface area contributed by atoms with E-state index < -0.39 is 11.6 Å². The Kier molecular flexibility index (Phi) is 6.85. The molecule has 4 N–H and O–H groups in total. The Morgan fingerprint density at radius 3 is 2.48 bits per heavy atom. The number of Topliss-reactive ketones (excluding diaryl/α,β-unsaturated/α-hetero) is 1. The number of anilines is 1. The molecule has 0 spiro atoms. The monoisotopic (exact) mass is 292 g/mol. The minimum atomic E-state index is -0.678. The molecule has 0 aliphatic rings. The average Bonchev–Trinajstić information content (AvgIpc) is 2.45. The molecule has 0 aliphatic heterocycles. The molecule has 1 rings (SSSR count). The van der Waals surface area contributed by atoms with E-state index in [1.165, 1.54) is 6.92 Å². The molecule has 1 unspecified atom stereocenters. The second-order valence-electron chi connectivity index (χ2n) is 5.79. The highest BCUT2D eigenvalue weighted by molar-refractivity contribution is 5.82. The van der Waals surface area contributed by atoms with E-state index in [0.29, 0.717) is 6.54 Å². The van der Waals surface area contributed by atoms with E-state index in [1.54, 1.807) is 0 Å². The van der Waals surface area contributed by atoms with E-state index in [-0.39, 0.29) is 5.78 Å². The van der Waals surface area contributed by atoms with Gasteiger partial charge in [0.25, 0.3) is 0 Å². The third-order valence-corrected chi connectivity index (χ3v) is 3.74. The summed E-state index contributed by atoms with van der Waals surface area (Å²) < 4.78 is 0. The number of ketones is 1. The number of carbonyl (C=O) groups is 1. The zero-order chi connectivity index (χ0) is 15.9. The van der Waals surface area contributed by atoms with Gasteiger partial charge in [-0.1, -0.05) is 38.8 Å². The van der Waals surface area contributed by atoms with Gasteiger partial charge in [-0.25, -0.2) is 0 Å². The largest absolute Gasteiger partial charge is 0.388 e. The summed E-state index contributed by atoms with van der Waals surface area (Å²) in [6.07, 6.45) is 3.46. The van der Waals surface area contributed by atoms with Crippen molar-refractivity contribution in [2.45, 2.75) is 58.1 Å². The third kappa shape index (κ3) is 5.48. The topological polar surface area (TPSA) is 75.3 Å². The fourth-order valence-electron chi connectivity index (χ4n) is 2.58. The van der Waals surface area contributed by atoms with Crippen molar-refractivity contribution in [3.05, 3.63) is 29.8 Å². The number of rotatable bonds is 9. The van der Waals surface area contributed by atoms with Crippen molar-refractivity contribution in [2.24, 2.45) is 5.73 Å². The number of aliphatic hydroxyl groups is 1. The lowest BCUT2D eigenvalue weighted by Crippen LogP contribution is -2.36. The Morgan fingerprint density at radius 1 is 1.33 bits per heavy atom. The fourth-order valence-corrected chi connectivity index (χ4v) is 2.58. The van der Waals surface area contributed by atoms with Gasteiger partial charge in [0.1, 0.15) is 0 Å². The summed E-state index contributed by atoms with van der Waals surface area (Å²) in [7, 11) is 0. The van der Waals surface area contributed by atoms with Crippen molar-refractivity contribution in [3.8, 4) is 0 Å². The van der Waals surface area contributed by atoms with Crippen LogP contribution in [0.5, 0.6) is 0 Å². The van der Waals surface area contributed by atoms with E-state index in [4.69, 9.17) is 5.73 Å². The molecule has 0 saturated carbocycles. The van der Waals surface area contributed by atoms with Gasteiger partial charge in [-0.2, -0.15) is 0 Å². The minimum absolute atomic E-state index is 0.0550. The molecule has 0 saturated heterocycles. The Morgan fingerprint density at radius 2 is 1.95 bits per heavy atom. The maximum atomic E-state index is 11.4. The number of nitrogens with two attached hydrogens (primary N) is 1. The molecule has 1 atom stereocenters. The lowest BCUT2D eigenvalue weighted by Gasteiger charge is -2.28. The van der Waals surface area contributed by atoms with Crippen molar-refractivity contribution in [1.29, 1.82) is 0 Å². The molecule has 0 aliphatic carbocycles. The van der Waals surface area contributed by atoms with Crippen LogP contribution in [0.4, 0.5) is 5.69 Å². The Bertz CT molecular complexity index is 454. The summed E-state index contributed by atoms with van der Waals surface area (Å²) in [5, 5.41) is 13.9. The van der Waals surface area contributed by atoms with Crippen LogP contribution in [0.2, 0.25) is 0 Å². The molecule has 0 heterocycles. The number of nitrogens with one attached hydrogen (secondary N) is 1. The van der Waals surface area contributed by atoms with Crippen molar-refractivity contribution < 1.29 is 9.90 Å². The van der Waals surface area contributed by atoms with E-state index in [9.17, 15) is 9.90 Å². The SMILES string of the molecule is CCCC(O)(CCC)CNc1cccc(C(N)C(C)=O)c1. The first-order valence-electron chi connectivity index (χ1n) is 7.74. The maximum Gasteiger partial charge on any atom is 0.150 e. The quantitative estimate of drug-likeness (QED) is 0.654. The van der Waals surface area contributed by atoms with Crippen LogP contribution in [0.1, 0.15) is 58.1 Å². The summed E-state index contributed by atoms with van der Waals surface area (Å²) >= 11 is 0. The summed E-state index contributed by atoms with van der Waals surface area (Å²) in [4.78, 5) is 11.4. The van der Waals surface area contributed by atoms with Crippen molar-refractivity contribution in [3.63, 3.8) is 0 Å². The van der Waals surface area contributed by atoms with Gasteiger partial charge >= 0.3 is 0 Å². The Hall–Kier alpha value is -1.39. The van der Waals surface area contributed by atoms with Gasteiger partial charge < -0.3 is 16.2 Å². The molecular formula is C17H28N2O2. The van der Waals surface area contributed by atoms with Crippen LogP contribution in [0, 0.1) is 0 Å². The first-order chi connectivity index (χ1) is 9.91. The lowest BCUT2D eigenvalue weighted by molar-refractivity contribution is -0.118. The maximum absolute atomic E-state index is 11.4.